The Hall–Kier alpha value is -3.16. The largest absolute Gasteiger partial charge is 0.439 e. The Balaban J connectivity index is 1.86. The van der Waals surface area contributed by atoms with E-state index in [0.717, 1.165) is 10.8 Å². The zero-order valence-corrected chi connectivity index (χ0v) is 15.3. The second-order valence-corrected chi connectivity index (χ2v) is 6.91. The maximum absolute atomic E-state index is 13.9. The lowest BCUT2D eigenvalue weighted by atomic mass is 9.85. The molecule has 154 valence electrons. The molecule has 2 heterocycles. The summed E-state index contributed by atoms with van der Waals surface area (Å²) in [6.45, 7) is -0.960. The topological polar surface area (TPSA) is 105 Å². The van der Waals surface area contributed by atoms with Crippen LogP contribution in [0.3, 0.4) is 0 Å². The van der Waals surface area contributed by atoms with Gasteiger partial charge in [0.2, 0.25) is 11.8 Å². The molecule has 0 saturated carbocycles. The molecule has 1 aliphatic carbocycles. The van der Waals surface area contributed by atoms with Gasteiger partial charge in [-0.1, -0.05) is 12.2 Å². The van der Waals surface area contributed by atoms with Crippen LogP contribution >= 0.6 is 0 Å². The Morgan fingerprint density at radius 2 is 1.86 bits per heavy atom. The highest BCUT2D eigenvalue weighted by molar-refractivity contribution is 6.07. The maximum Gasteiger partial charge on any atom is 0.436 e. The van der Waals surface area contributed by atoms with Gasteiger partial charge in [-0.25, -0.2) is 4.98 Å². The summed E-state index contributed by atoms with van der Waals surface area (Å²) in [6, 6.07) is 1.38. The van der Waals surface area contributed by atoms with E-state index in [1.807, 2.05) is 0 Å². The third kappa shape index (κ3) is 3.39. The van der Waals surface area contributed by atoms with Gasteiger partial charge in [-0.2, -0.15) is 18.4 Å². The second kappa shape index (κ2) is 7.35. The number of imidazole rings is 1. The quantitative estimate of drug-likeness (QED) is 0.415. The van der Waals surface area contributed by atoms with E-state index in [9.17, 15) is 27.6 Å². The van der Waals surface area contributed by atoms with Crippen molar-refractivity contribution in [1.82, 2.24) is 14.5 Å². The molecule has 0 radical (unpaired) electrons. The number of likely N-dealkylation sites (tertiary alicyclic amines) is 1. The van der Waals surface area contributed by atoms with Gasteiger partial charge >= 0.3 is 12.1 Å². The number of aryl methyl sites for hydroxylation is 1. The number of alkyl halides is 3. The molecule has 0 unspecified atom stereocenters. The van der Waals surface area contributed by atoms with E-state index in [1.54, 1.807) is 12.2 Å². The van der Waals surface area contributed by atoms with Crippen molar-refractivity contribution in [2.45, 2.75) is 31.0 Å². The lowest BCUT2D eigenvalue weighted by Crippen LogP contribution is -2.49. The number of rotatable bonds is 5. The number of esters is 1. The highest BCUT2D eigenvalue weighted by Crippen LogP contribution is 2.44. The molecule has 11 heteroatoms. The number of hydrogen-bond acceptors (Lipinski definition) is 6. The Kier molecular flexibility index (Phi) is 5.21. The number of carbonyl (C=O) groups excluding carboxylic acids is 3. The van der Waals surface area contributed by atoms with Crippen LogP contribution in [0.15, 0.2) is 24.5 Å². The number of allylic oxidation sites excluding steroid dienone is 2. The second-order valence-electron chi connectivity index (χ2n) is 6.91. The van der Waals surface area contributed by atoms with Gasteiger partial charge < -0.3 is 9.30 Å². The number of aromatic nitrogens is 2. The minimum Gasteiger partial charge on any atom is -0.439 e. The Bertz CT molecular complexity index is 891. The number of nitriles is 1. The number of amides is 2. The van der Waals surface area contributed by atoms with Gasteiger partial charge in [-0.05, 0) is 12.8 Å². The van der Waals surface area contributed by atoms with Gasteiger partial charge in [0, 0.05) is 19.4 Å². The van der Waals surface area contributed by atoms with E-state index in [-0.39, 0.29) is 0 Å². The first-order valence-corrected chi connectivity index (χ1v) is 8.76. The first-order valence-electron chi connectivity index (χ1n) is 8.76. The van der Waals surface area contributed by atoms with Crippen molar-refractivity contribution < 1.29 is 32.3 Å². The predicted molar refractivity (Wildman–Crippen MR) is 89.3 cm³/mol. The zero-order valence-electron chi connectivity index (χ0n) is 15.3. The summed E-state index contributed by atoms with van der Waals surface area (Å²) in [7, 11) is 1.26. The van der Waals surface area contributed by atoms with Crippen LogP contribution in [-0.2, 0) is 31.8 Å². The molecular weight excluding hydrogens is 393 g/mol. The van der Waals surface area contributed by atoms with E-state index >= 15 is 0 Å². The van der Waals surface area contributed by atoms with Gasteiger partial charge in [-0.3, -0.25) is 19.3 Å². The highest BCUT2D eigenvalue weighted by Gasteiger charge is 2.62. The maximum atomic E-state index is 13.9. The summed E-state index contributed by atoms with van der Waals surface area (Å²) in [5.74, 6) is -4.61. The molecular formula is C18H17F3N4O4. The lowest BCUT2D eigenvalue weighted by Gasteiger charge is -2.33. The monoisotopic (exact) mass is 410 g/mol. The van der Waals surface area contributed by atoms with Gasteiger partial charge in [0.25, 0.3) is 5.60 Å². The average Bonchev–Trinajstić information content (AvgIpc) is 3.18. The molecule has 1 aromatic heterocycles. The summed E-state index contributed by atoms with van der Waals surface area (Å²) in [6.07, 6.45) is 0.0503. The lowest BCUT2D eigenvalue weighted by molar-refractivity contribution is -0.278. The van der Waals surface area contributed by atoms with E-state index in [0.29, 0.717) is 17.7 Å². The van der Waals surface area contributed by atoms with Crippen molar-refractivity contribution in [2.75, 3.05) is 6.54 Å². The number of carbonyl (C=O) groups is 3. The van der Waals surface area contributed by atoms with Crippen molar-refractivity contribution in [3.05, 3.63) is 30.4 Å². The fourth-order valence-corrected chi connectivity index (χ4v) is 3.69. The number of halogens is 3. The van der Waals surface area contributed by atoms with Crippen molar-refractivity contribution in [1.29, 1.82) is 5.26 Å². The first kappa shape index (κ1) is 20.6. The summed E-state index contributed by atoms with van der Waals surface area (Å²) in [5, 5.41) is 8.97. The van der Waals surface area contributed by atoms with E-state index in [2.05, 4.69) is 4.98 Å². The number of imide groups is 1. The Morgan fingerprint density at radius 1 is 1.28 bits per heavy atom. The number of fused-ring (bicyclic) bond motifs is 1. The minimum atomic E-state index is -5.16. The first-order chi connectivity index (χ1) is 13.6. The summed E-state index contributed by atoms with van der Waals surface area (Å²) in [5.41, 5.74) is -3.32. The molecule has 1 fully saturated rings. The van der Waals surface area contributed by atoms with Crippen LogP contribution in [0, 0.1) is 23.2 Å². The van der Waals surface area contributed by atoms with Gasteiger partial charge in [0.1, 0.15) is 6.54 Å². The molecule has 8 nitrogen and oxygen atoms in total. The SMILES string of the molecule is Cn1ccnc1[C@@](CC#N)(OC(=O)CN1C(=O)[C@H]2CC=CC[C@H]2C1=O)C(F)(F)F. The third-order valence-electron chi connectivity index (χ3n) is 5.14. The van der Waals surface area contributed by atoms with Crippen molar-refractivity contribution >= 4 is 17.8 Å². The number of hydrogen-bond donors (Lipinski definition) is 0. The molecule has 3 atom stereocenters. The molecule has 0 aromatic carbocycles. The van der Waals surface area contributed by atoms with Crippen LogP contribution < -0.4 is 0 Å². The number of ether oxygens (including phenoxy) is 1. The molecule has 2 aliphatic rings. The van der Waals surface area contributed by atoms with Gasteiger partial charge in [0.05, 0.1) is 24.3 Å². The van der Waals surface area contributed by atoms with E-state index in [4.69, 9.17) is 10.00 Å². The summed E-state index contributed by atoms with van der Waals surface area (Å²) >= 11 is 0. The molecule has 29 heavy (non-hydrogen) atoms. The molecule has 2 amide bonds. The van der Waals surface area contributed by atoms with Crippen LogP contribution in [0.4, 0.5) is 13.2 Å². The Morgan fingerprint density at radius 3 is 2.31 bits per heavy atom. The molecule has 0 N–H and O–H groups in total. The Labute approximate surface area is 163 Å². The fraction of sp³-hybridized carbons (Fsp3) is 0.500. The average molecular weight is 410 g/mol. The third-order valence-corrected chi connectivity index (χ3v) is 5.14. The number of nitrogens with zero attached hydrogens (tertiary/aromatic N) is 4. The normalized spacial score (nSPS) is 23.5. The molecule has 0 spiro atoms. The smallest absolute Gasteiger partial charge is 0.436 e. The molecule has 3 rings (SSSR count). The minimum absolute atomic E-state index is 0.328. The molecule has 0 bridgehead atoms. The summed E-state index contributed by atoms with van der Waals surface area (Å²) < 4.78 is 47.5. The molecule has 1 aromatic rings. The standard InChI is InChI=1S/C18H17F3N4O4/c1-24-9-8-23-16(24)17(6-7-22,18(19,20)21)29-13(26)10-25-14(27)11-4-2-3-5-12(11)15(25)28/h2-3,8-9,11-12H,4-6,10H2,1H3/t11-,12+,17-/m1/s1. The van der Waals surface area contributed by atoms with Gasteiger partial charge in [-0.15, -0.1) is 0 Å². The van der Waals surface area contributed by atoms with Crippen molar-refractivity contribution in [2.24, 2.45) is 18.9 Å². The van der Waals surface area contributed by atoms with Crippen LogP contribution in [-0.4, -0.2) is 45.0 Å². The predicted octanol–water partition coefficient (Wildman–Crippen LogP) is 1.59. The molecule has 1 saturated heterocycles. The van der Waals surface area contributed by atoms with Crippen LogP contribution in [0.25, 0.3) is 0 Å². The van der Waals surface area contributed by atoms with Crippen LogP contribution in [0.2, 0.25) is 0 Å². The molecule has 1 aliphatic heterocycles. The highest BCUT2D eigenvalue weighted by atomic mass is 19.4. The van der Waals surface area contributed by atoms with E-state index in [1.165, 1.54) is 19.3 Å². The van der Waals surface area contributed by atoms with E-state index < -0.39 is 60.2 Å². The summed E-state index contributed by atoms with van der Waals surface area (Å²) in [4.78, 5) is 41.5. The van der Waals surface area contributed by atoms with Crippen molar-refractivity contribution in [3.63, 3.8) is 0 Å². The fourth-order valence-electron chi connectivity index (χ4n) is 3.69. The van der Waals surface area contributed by atoms with Crippen LogP contribution in [0.5, 0.6) is 0 Å². The van der Waals surface area contributed by atoms with Crippen LogP contribution in [0.1, 0.15) is 25.1 Å². The van der Waals surface area contributed by atoms with Gasteiger partial charge in [0.15, 0.2) is 5.82 Å². The zero-order chi connectivity index (χ0) is 21.4. The van der Waals surface area contributed by atoms with Crippen molar-refractivity contribution in [3.8, 4) is 6.07 Å².